The van der Waals surface area contributed by atoms with Gasteiger partial charge in [0.1, 0.15) is 5.82 Å². The molecule has 2 bridgehead atoms. The number of oxime groups is 1. The van der Waals surface area contributed by atoms with Gasteiger partial charge >= 0.3 is 5.97 Å². The fourth-order valence-electron chi connectivity index (χ4n) is 4.16. The molecule has 27 heavy (non-hydrogen) atoms. The molecule has 2 aromatic carbocycles. The third-order valence-corrected chi connectivity index (χ3v) is 5.50. The van der Waals surface area contributed by atoms with Crippen LogP contribution in [0.2, 0.25) is 0 Å². The Morgan fingerprint density at radius 1 is 1.04 bits per heavy atom. The fourth-order valence-corrected chi connectivity index (χ4v) is 4.16. The van der Waals surface area contributed by atoms with E-state index in [1.807, 2.05) is 6.07 Å². The summed E-state index contributed by atoms with van der Waals surface area (Å²) >= 11 is 0. The van der Waals surface area contributed by atoms with Crippen LogP contribution in [0.1, 0.15) is 48.0 Å². The number of hydrogen-bond donors (Lipinski definition) is 0. The zero-order valence-electron chi connectivity index (χ0n) is 15.2. The number of benzene rings is 2. The normalized spacial score (nSPS) is 22.3. The van der Waals surface area contributed by atoms with Crippen LogP contribution >= 0.6 is 0 Å². The number of rotatable bonds is 4. The molecule has 2 fully saturated rings. The van der Waals surface area contributed by atoms with Crippen molar-refractivity contribution in [3.05, 3.63) is 71.5 Å². The number of hydrogen-bond acceptors (Lipinski definition) is 4. The lowest BCUT2D eigenvalue weighted by atomic mass is 9.83. The zero-order valence-corrected chi connectivity index (χ0v) is 15.2. The minimum atomic E-state index is -0.542. The molecule has 0 unspecified atom stereocenters. The Labute approximate surface area is 158 Å². The molecule has 2 aliphatic rings. The Bertz CT molecular complexity index is 804. The van der Waals surface area contributed by atoms with E-state index in [-0.39, 0.29) is 5.82 Å². The summed E-state index contributed by atoms with van der Waals surface area (Å²) in [6.45, 7) is 0.957. The number of carbonyl (C=O) groups is 1. The third-order valence-electron chi connectivity index (χ3n) is 5.50. The van der Waals surface area contributed by atoms with Crippen LogP contribution in [0.15, 0.2) is 59.8 Å². The van der Waals surface area contributed by atoms with Gasteiger partial charge in [0.15, 0.2) is 0 Å². The van der Waals surface area contributed by atoms with Crippen molar-refractivity contribution in [3.63, 3.8) is 0 Å². The smallest absolute Gasteiger partial charge is 0.313 e. The molecule has 0 spiro atoms. The second-order valence-electron chi connectivity index (χ2n) is 7.35. The maximum Gasteiger partial charge on any atom is 0.365 e. The topological polar surface area (TPSA) is 41.9 Å². The summed E-state index contributed by atoms with van der Waals surface area (Å²) < 4.78 is 13.0. The first-order chi connectivity index (χ1) is 13.2. The van der Waals surface area contributed by atoms with Gasteiger partial charge in [-0.2, -0.15) is 0 Å². The average molecular weight is 366 g/mol. The van der Waals surface area contributed by atoms with Crippen LogP contribution in [-0.4, -0.2) is 28.7 Å². The standard InChI is InChI=1S/C22H23FN2O2/c23-18-11-9-17(10-12-18)22(26)27-24-19-13-20-7-4-8-21(14-19)25(20)15-16-5-2-1-3-6-16/h1-3,5-6,9-12,20-21H,4,7-8,13-15H2/t20-,21-/m1/s1. The van der Waals surface area contributed by atoms with E-state index in [1.165, 1.54) is 36.2 Å². The largest absolute Gasteiger partial charge is 0.365 e. The van der Waals surface area contributed by atoms with Crippen molar-refractivity contribution in [2.24, 2.45) is 5.16 Å². The van der Waals surface area contributed by atoms with Gasteiger partial charge in [0, 0.05) is 31.5 Å². The summed E-state index contributed by atoms with van der Waals surface area (Å²) in [5.41, 5.74) is 2.59. The van der Waals surface area contributed by atoms with Gasteiger partial charge in [-0.1, -0.05) is 41.9 Å². The van der Waals surface area contributed by atoms with Gasteiger partial charge < -0.3 is 4.84 Å². The van der Waals surface area contributed by atoms with Crippen LogP contribution in [0.25, 0.3) is 0 Å². The predicted molar refractivity (Wildman–Crippen MR) is 102 cm³/mol. The molecule has 0 N–H and O–H groups in total. The lowest BCUT2D eigenvalue weighted by Crippen LogP contribution is -2.51. The van der Waals surface area contributed by atoms with Crippen molar-refractivity contribution in [3.8, 4) is 0 Å². The van der Waals surface area contributed by atoms with E-state index >= 15 is 0 Å². The molecule has 140 valence electrons. The van der Waals surface area contributed by atoms with Crippen LogP contribution in [0.5, 0.6) is 0 Å². The summed E-state index contributed by atoms with van der Waals surface area (Å²) in [5, 5.41) is 4.15. The molecule has 2 heterocycles. The van der Waals surface area contributed by atoms with E-state index in [0.29, 0.717) is 17.6 Å². The maximum absolute atomic E-state index is 13.0. The molecule has 0 aliphatic carbocycles. The molecule has 4 nitrogen and oxygen atoms in total. The molecule has 2 atom stereocenters. The number of fused-ring (bicyclic) bond motifs is 2. The predicted octanol–water partition coefficient (Wildman–Crippen LogP) is 4.56. The van der Waals surface area contributed by atoms with Gasteiger partial charge in [-0.3, -0.25) is 4.90 Å². The van der Waals surface area contributed by atoms with E-state index in [9.17, 15) is 9.18 Å². The number of halogens is 1. The van der Waals surface area contributed by atoms with Gasteiger partial charge in [-0.15, -0.1) is 0 Å². The van der Waals surface area contributed by atoms with Crippen LogP contribution in [-0.2, 0) is 11.4 Å². The lowest BCUT2D eigenvalue weighted by Gasteiger charge is -2.46. The molecule has 0 aromatic heterocycles. The number of carbonyl (C=O) groups excluding carboxylic acids is 1. The molecule has 2 aromatic rings. The van der Waals surface area contributed by atoms with Crippen LogP contribution in [0.3, 0.4) is 0 Å². The molecule has 0 radical (unpaired) electrons. The van der Waals surface area contributed by atoms with Crippen molar-refractivity contribution >= 4 is 11.7 Å². The fraction of sp³-hybridized carbons (Fsp3) is 0.364. The second kappa shape index (κ2) is 8.01. The highest BCUT2D eigenvalue weighted by atomic mass is 19.1. The van der Waals surface area contributed by atoms with E-state index in [2.05, 4.69) is 34.3 Å². The monoisotopic (exact) mass is 366 g/mol. The minimum Gasteiger partial charge on any atom is -0.313 e. The zero-order chi connectivity index (χ0) is 18.6. The number of nitrogens with zero attached hydrogens (tertiary/aromatic N) is 2. The summed E-state index contributed by atoms with van der Waals surface area (Å²) in [5.74, 6) is -0.921. The Kier molecular flexibility index (Phi) is 5.30. The average Bonchev–Trinajstić information content (AvgIpc) is 2.68. The van der Waals surface area contributed by atoms with E-state index < -0.39 is 5.97 Å². The number of piperidine rings is 2. The lowest BCUT2D eigenvalue weighted by molar-refractivity contribution is 0.0476. The minimum absolute atomic E-state index is 0.308. The Morgan fingerprint density at radius 2 is 1.70 bits per heavy atom. The molecule has 0 saturated carbocycles. The van der Waals surface area contributed by atoms with Crippen molar-refractivity contribution in [1.29, 1.82) is 0 Å². The van der Waals surface area contributed by atoms with Gasteiger partial charge in [-0.25, -0.2) is 9.18 Å². The first kappa shape index (κ1) is 17.9. The SMILES string of the molecule is O=C(ON=C1C[C@H]2CCC[C@H](C1)N2Cc1ccccc1)c1ccc(F)cc1. The van der Waals surface area contributed by atoms with E-state index in [0.717, 1.165) is 37.9 Å². The molecule has 5 heteroatoms. The summed E-state index contributed by atoms with van der Waals surface area (Å²) in [6.07, 6.45) is 5.20. The summed E-state index contributed by atoms with van der Waals surface area (Å²) in [7, 11) is 0. The Hall–Kier alpha value is -2.53. The second-order valence-corrected chi connectivity index (χ2v) is 7.35. The van der Waals surface area contributed by atoms with Crippen molar-refractivity contribution in [1.82, 2.24) is 4.90 Å². The quantitative estimate of drug-likeness (QED) is 0.589. The van der Waals surface area contributed by atoms with Crippen LogP contribution in [0, 0.1) is 5.82 Å². The van der Waals surface area contributed by atoms with Gasteiger partial charge in [0.05, 0.1) is 11.3 Å². The summed E-state index contributed by atoms with van der Waals surface area (Å²) in [4.78, 5) is 19.8. The van der Waals surface area contributed by atoms with Crippen molar-refractivity contribution < 1.29 is 14.0 Å². The van der Waals surface area contributed by atoms with Gasteiger partial charge in [-0.05, 0) is 42.7 Å². The molecular weight excluding hydrogens is 343 g/mol. The molecule has 4 rings (SSSR count). The molecule has 2 aliphatic heterocycles. The van der Waals surface area contributed by atoms with Gasteiger partial charge in [0.25, 0.3) is 0 Å². The van der Waals surface area contributed by atoms with Crippen molar-refractivity contribution in [2.75, 3.05) is 0 Å². The van der Waals surface area contributed by atoms with Crippen molar-refractivity contribution in [2.45, 2.75) is 50.7 Å². The highest BCUT2D eigenvalue weighted by Crippen LogP contribution is 2.34. The van der Waals surface area contributed by atoms with E-state index in [4.69, 9.17) is 4.84 Å². The van der Waals surface area contributed by atoms with Gasteiger partial charge in [0.2, 0.25) is 0 Å². The highest BCUT2D eigenvalue weighted by molar-refractivity contribution is 5.91. The first-order valence-electron chi connectivity index (χ1n) is 9.51. The van der Waals surface area contributed by atoms with Crippen LogP contribution < -0.4 is 0 Å². The first-order valence-corrected chi connectivity index (χ1v) is 9.51. The molecular formula is C22H23FN2O2. The Morgan fingerprint density at radius 3 is 2.37 bits per heavy atom. The van der Waals surface area contributed by atoms with E-state index in [1.54, 1.807) is 0 Å². The van der Waals surface area contributed by atoms with Crippen LogP contribution in [0.4, 0.5) is 4.39 Å². The maximum atomic E-state index is 13.0. The molecule has 0 amide bonds. The summed E-state index contributed by atoms with van der Waals surface area (Å²) in [6, 6.07) is 16.8. The molecule has 2 saturated heterocycles. The highest BCUT2D eigenvalue weighted by Gasteiger charge is 2.36. The third kappa shape index (κ3) is 4.25. The Balaban J connectivity index is 1.41.